The minimum absolute atomic E-state index is 0.495. The van der Waals surface area contributed by atoms with Crippen molar-refractivity contribution in [1.29, 1.82) is 0 Å². The summed E-state index contributed by atoms with van der Waals surface area (Å²) in [5, 5.41) is 4.44. The smallest absolute Gasteiger partial charge is 0.0486 e. The first-order valence-electron chi connectivity index (χ1n) is 4.76. The Labute approximate surface area is 79.6 Å². The number of rotatable bonds is 1. The van der Waals surface area contributed by atoms with Crippen LogP contribution in [0.5, 0.6) is 0 Å². The zero-order valence-electron chi connectivity index (χ0n) is 7.98. The highest BCUT2D eigenvalue weighted by Crippen LogP contribution is 2.20. The van der Waals surface area contributed by atoms with Gasteiger partial charge in [0.1, 0.15) is 0 Å². The summed E-state index contributed by atoms with van der Waals surface area (Å²) >= 11 is 0. The molecule has 1 fully saturated rings. The Morgan fingerprint density at radius 3 is 2.77 bits per heavy atom. The van der Waals surface area contributed by atoms with Gasteiger partial charge in [0, 0.05) is 25.7 Å². The number of hydrogen-bond acceptors (Lipinski definition) is 1. The lowest BCUT2D eigenvalue weighted by Gasteiger charge is -2.32. The van der Waals surface area contributed by atoms with E-state index in [1.165, 1.54) is 5.56 Å². The summed E-state index contributed by atoms with van der Waals surface area (Å²) in [7, 11) is 2.17. The van der Waals surface area contributed by atoms with E-state index in [2.05, 4.69) is 47.6 Å². The lowest BCUT2D eigenvalue weighted by molar-refractivity contribution is 0.199. The van der Waals surface area contributed by atoms with Gasteiger partial charge in [-0.15, -0.1) is 0 Å². The molecule has 0 saturated carbocycles. The molecule has 2 heteroatoms. The number of hydrogen-bond donors (Lipinski definition) is 0. The Bertz CT molecular complexity index is 258. The van der Waals surface area contributed by atoms with Gasteiger partial charge in [-0.25, -0.2) is 5.32 Å². The number of nitrogens with zero attached hydrogens (tertiary/aromatic N) is 2. The van der Waals surface area contributed by atoms with Crippen LogP contribution in [0.3, 0.4) is 0 Å². The first-order valence-corrected chi connectivity index (χ1v) is 4.76. The predicted molar refractivity (Wildman–Crippen MR) is 53.7 cm³/mol. The summed E-state index contributed by atoms with van der Waals surface area (Å²) in [5.41, 5.74) is 1.38. The molecule has 0 aromatic heterocycles. The van der Waals surface area contributed by atoms with Gasteiger partial charge in [0.15, 0.2) is 0 Å². The SMILES string of the molecule is CN1CC[N]CC1c1ccccc1. The van der Waals surface area contributed by atoms with Crippen LogP contribution in [0.1, 0.15) is 11.6 Å². The lowest BCUT2D eigenvalue weighted by Crippen LogP contribution is -2.40. The van der Waals surface area contributed by atoms with Gasteiger partial charge >= 0.3 is 0 Å². The van der Waals surface area contributed by atoms with Crippen molar-refractivity contribution >= 4 is 0 Å². The monoisotopic (exact) mass is 175 g/mol. The van der Waals surface area contributed by atoms with Gasteiger partial charge in [-0.05, 0) is 12.6 Å². The minimum Gasteiger partial charge on any atom is -0.297 e. The van der Waals surface area contributed by atoms with Crippen LogP contribution < -0.4 is 5.32 Å². The quantitative estimate of drug-likeness (QED) is 0.628. The van der Waals surface area contributed by atoms with E-state index in [0.29, 0.717) is 6.04 Å². The summed E-state index contributed by atoms with van der Waals surface area (Å²) in [6.07, 6.45) is 0. The number of piperazine rings is 1. The first-order chi connectivity index (χ1) is 6.38. The van der Waals surface area contributed by atoms with Gasteiger partial charge in [-0.1, -0.05) is 30.3 Å². The molecular formula is C11H15N2. The molecule has 0 N–H and O–H groups in total. The van der Waals surface area contributed by atoms with E-state index < -0.39 is 0 Å². The van der Waals surface area contributed by atoms with Gasteiger partial charge in [-0.3, -0.25) is 4.90 Å². The second kappa shape index (κ2) is 3.90. The second-order valence-corrected chi connectivity index (χ2v) is 3.54. The van der Waals surface area contributed by atoms with E-state index in [-0.39, 0.29) is 0 Å². The molecule has 1 aromatic carbocycles. The largest absolute Gasteiger partial charge is 0.297 e. The van der Waals surface area contributed by atoms with Gasteiger partial charge in [0.2, 0.25) is 0 Å². The van der Waals surface area contributed by atoms with Crippen LogP contribution in [-0.4, -0.2) is 31.6 Å². The molecule has 0 bridgehead atoms. The molecular weight excluding hydrogens is 160 g/mol. The van der Waals surface area contributed by atoms with Gasteiger partial charge in [-0.2, -0.15) is 0 Å². The topological polar surface area (TPSA) is 17.3 Å². The molecule has 1 unspecified atom stereocenters. The molecule has 1 heterocycles. The molecule has 1 aliphatic heterocycles. The maximum atomic E-state index is 4.44. The third kappa shape index (κ3) is 1.90. The molecule has 2 rings (SSSR count). The average Bonchev–Trinajstić information content (AvgIpc) is 2.20. The Balaban J connectivity index is 2.15. The summed E-state index contributed by atoms with van der Waals surface area (Å²) in [4.78, 5) is 2.38. The standard InChI is InChI=1S/C11H15N2/c1-13-8-7-12-9-11(13)10-5-3-2-4-6-10/h2-6,11H,7-9H2,1H3. The predicted octanol–water partition coefficient (Wildman–Crippen LogP) is 1.28. The lowest BCUT2D eigenvalue weighted by atomic mass is 10.0. The molecule has 1 saturated heterocycles. The normalized spacial score (nSPS) is 24.5. The van der Waals surface area contributed by atoms with Crippen molar-refractivity contribution in [2.45, 2.75) is 6.04 Å². The molecule has 0 amide bonds. The molecule has 1 aliphatic rings. The molecule has 1 atom stereocenters. The van der Waals surface area contributed by atoms with Crippen molar-refractivity contribution in [3.8, 4) is 0 Å². The van der Waals surface area contributed by atoms with Crippen molar-refractivity contribution < 1.29 is 0 Å². The Morgan fingerprint density at radius 1 is 1.31 bits per heavy atom. The third-order valence-corrected chi connectivity index (χ3v) is 2.63. The van der Waals surface area contributed by atoms with Crippen LogP contribution in [-0.2, 0) is 0 Å². The fraction of sp³-hybridized carbons (Fsp3) is 0.455. The van der Waals surface area contributed by atoms with E-state index in [9.17, 15) is 0 Å². The Kier molecular flexibility index (Phi) is 2.62. The summed E-state index contributed by atoms with van der Waals surface area (Å²) in [6.45, 7) is 3.01. The van der Waals surface area contributed by atoms with Crippen LogP contribution in [0.15, 0.2) is 30.3 Å². The zero-order valence-corrected chi connectivity index (χ0v) is 7.98. The van der Waals surface area contributed by atoms with E-state index in [4.69, 9.17) is 0 Å². The Morgan fingerprint density at radius 2 is 2.08 bits per heavy atom. The van der Waals surface area contributed by atoms with Crippen molar-refractivity contribution in [3.05, 3.63) is 35.9 Å². The van der Waals surface area contributed by atoms with E-state index in [0.717, 1.165) is 19.6 Å². The molecule has 69 valence electrons. The molecule has 0 spiro atoms. The molecule has 1 radical (unpaired) electrons. The van der Waals surface area contributed by atoms with Crippen LogP contribution >= 0.6 is 0 Å². The van der Waals surface area contributed by atoms with Crippen LogP contribution in [0.2, 0.25) is 0 Å². The second-order valence-electron chi connectivity index (χ2n) is 3.54. The maximum absolute atomic E-state index is 4.44. The number of likely N-dealkylation sites (N-methyl/N-ethyl adjacent to an activating group) is 1. The maximum Gasteiger partial charge on any atom is 0.0486 e. The van der Waals surface area contributed by atoms with Crippen molar-refractivity contribution in [2.75, 3.05) is 26.7 Å². The highest BCUT2D eigenvalue weighted by Gasteiger charge is 2.20. The van der Waals surface area contributed by atoms with E-state index in [1.54, 1.807) is 0 Å². The van der Waals surface area contributed by atoms with Gasteiger partial charge < -0.3 is 0 Å². The van der Waals surface area contributed by atoms with Crippen LogP contribution in [0.25, 0.3) is 0 Å². The summed E-state index contributed by atoms with van der Waals surface area (Å²) in [6, 6.07) is 11.1. The van der Waals surface area contributed by atoms with Gasteiger partial charge in [0.25, 0.3) is 0 Å². The van der Waals surface area contributed by atoms with E-state index in [1.807, 2.05) is 0 Å². The van der Waals surface area contributed by atoms with Crippen LogP contribution in [0.4, 0.5) is 0 Å². The average molecular weight is 175 g/mol. The third-order valence-electron chi connectivity index (χ3n) is 2.63. The Hall–Kier alpha value is -0.860. The van der Waals surface area contributed by atoms with Crippen molar-refractivity contribution in [2.24, 2.45) is 0 Å². The summed E-state index contributed by atoms with van der Waals surface area (Å²) in [5.74, 6) is 0. The fourth-order valence-electron chi connectivity index (χ4n) is 1.77. The van der Waals surface area contributed by atoms with Crippen LogP contribution in [0, 0.1) is 0 Å². The highest BCUT2D eigenvalue weighted by molar-refractivity contribution is 5.19. The molecule has 13 heavy (non-hydrogen) atoms. The summed E-state index contributed by atoms with van der Waals surface area (Å²) < 4.78 is 0. The van der Waals surface area contributed by atoms with E-state index >= 15 is 0 Å². The van der Waals surface area contributed by atoms with Gasteiger partial charge in [0.05, 0.1) is 0 Å². The highest BCUT2D eigenvalue weighted by atomic mass is 15.2. The molecule has 2 nitrogen and oxygen atoms in total. The molecule has 1 aromatic rings. The van der Waals surface area contributed by atoms with Crippen molar-refractivity contribution in [1.82, 2.24) is 10.2 Å². The zero-order chi connectivity index (χ0) is 9.10. The van der Waals surface area contributed by atoms with Crippen molar-refractivity contribution in [3.63, 3.8) is 0 Å². The number of benzene rings is 1. The molecule has 0 aliphatic carbocycles. The minimum atomic E-state index is 0.495. The first kappa shape index (κ1) is 8.73. The fourth-order valence-corrected chi connectivity index (χ4v) is 1.77.